The van der Waals surface area contributed by atoms with Crippen LogP contribution in [0.15, 0.2) is 48.5 Å². The molecule has 0 bridgehead atoms. The number of carbonyl (C=O) groups excluding carboxylic acids is 1. The van der Waals surface area contributed by atoms with E-state index in [0.717, 1.165) is 0 Å². The van der Waals surface area contributed by atoms with E-state index in [9.17, 15) is 23.7 Å². The molecule has 6 nitrogen and oxygen atoms in total. The number of ether oxygens (including phenoxy) is 2. The molecule has 0 amide bonds. The van der Waals surface area contributed by atoms with E-state index >= 15 is 0 Å². The normalized spacial score (nSPS) is 10.9. The molecule has 0 radical (unpaired) electrons. The zero-order chi connectivity index (χ0) is 18.4. The minimum atomic E-state index is -3.00. The first-order chi connectivity index (χ1) is 11.9. The van der Waals surface area contributed by atoms with Gasteiger partial charge in [-0.3, -0.25) is 14.9 Å². The molecule has 0 spiro atoms. The second kappa shape index (κ2) is 8.00. The molecule has 2 aromatic carbocycles. The standard InChI is InChI=1S/C17H13F2NO5/c1-24-15-9-3-11(10-16(15)25-17(18)19)2-8-14(21)12-4-6-13(7-5-12)20(22)23/h2-10,17H,1H3/b8-2+. The van der Waals surface area contributed by atoms with Gasteiger partial charge in [0, 0.05) is 17.7 Å². The number of carbonyl (C=O) groups is 1. The van der Waals surface area contributed by atoms with E-state index in [2.05, 4.69) is 4.74 Å². The second-order valence-corrected chi connectivity index (χ2v) is 4.79. The van der Waals surface area contributed by atoms with Gasteiger partial charge < -0.3 is 9.47 Å². The second-order valence-electron chi connectivity index (χ2n) is 4.79. The van der Waals surface area contributed by atoms with E-state index < -0.39 is 11.5 Å². The van der Waals surface area contributed by atoms with Crippen LogP contribution in [-0.4, -0.2) is 24.4 Å². The van der Waals surface area contributed by atoms with Crippen LogP contribution in [0.2, 0.25) is 0 Å². The molecule has 0 saturated carbocycles. The number of hydrogen-bond donors (Lipinski definition) is 0. The molecule has 0 aliphatic heterocycles. The monoisotopic (exact) mass is 349 g/mol. The fraction of sp³-hybridized carbons (Fsp3) is 0.118. The predicted octanol–water partition coefficient (Wildman–Crippen LogP) is 4.10. The number of ketones is 1. The van der Waals surface area contributed by atoms with Gasteiger partial charge in [0.2, 0.25) is 0 Å². The number of allylic oxidation sites excluding steroid dienone is 1. The molecule has 2 aromatic rings. The summed E-state index contributed by atoms with van der Waals surface area (Å²) in [5.41, 5.74) is 0.593. The van der Waals surface area contributed by atoms with E-state index in [1.807, 2.05) is 0 Å². The first kappa shape index (κ1) is 18.1. The van der Waals surface area contributed by atoms with Crippen molar-refractivity contribution < 1.29 is 28.0 Å². The molecule has 0 aromatic heterocycles. The molecule has 0 unspecified atom stereocenters. The lowest BCUT2D eigenvalue weighted by Crippen LogP contribution is -2.03. The number of hydrogen-bond acceptors (Lipinski definition) is 5. The van der Waals surface area contributed by atoms with Crippen LogP contribution in [0.5, 0.6) is 11.5 Å². The summed E-state index contributed by atoms with van der Waals surface area (Å²) in [5.74, 6) is -0.399. The fourth-order valence-corrected chi connectivity index (χ4v) is 2.00. The number of nitro groups is 1. The molecule has 0 atom stereocenters. The van der Waals surface area contributed by atoms with Gasteiger partial charge in [0.15, 0.2) is 17.3 Å². The summed E-state index contributed by atoms with van der Waals surface area (Å²) in [5, 5.41) is 10.6. The number of alkyl halides is 2. The topological polar surface area (TPSA) is 78.7 Å². The zero-order valence-electron chi connectivity index (χ0n) is 13.0. The van der Waals surface area contributed by atoms with Crippen molar-refractivity contribution in [3.63, 3.8) is 0 Å². The average molecular weight is 349 g/mol. The van der Waals surface area contributed by atoms with Gasteiger partial charge in [-0.05, 0) is 35.9 Å². The highest BCUT2D eigenvalue weighted by atomic mass is 19.3. The molecule has 0 aliphatic carbocycles. The van der Waals surface area contributed by atoms with Crippen LogP contribution in [0, 0.1) is 10.1 Å². The van der Waals surface area contributed by atoms with Gasteiger partial charge in [-0.2, -0.15) is 8.78 Å². The Kier molecular flexibility index (Phi) is 5.78. The van der Waals surface area contributed by atoms with Gasteiger partial charge >= 0.3 is 6.61 Å². The van der Waals surface area contributed by atoms with Crippen molar-refractivity contribution >= 4 is 17.5 Å². The molecule has 25 heavy (non-hydrogen) atoms. The van der Waals surface area contributed by atoms with Gasteiger partial charge in [0.25, 0.3) is 5.69 Å². The van der Waals surface area contributed by atoms with Crippen LogP contribution >= 0.6 is 0 Å². The summed E-state index contributed by atoms with van der Waals surface area (Å²) >= 11 is 0. The molecule has 0 N–H and O–H groups in total. The van der Waals surface area contributed by atoms with Crippen LogP contribution in [-0.2, 0) is 0 Å². The molecule has 0 saturated heterocycles. The Hall–Kier alpha value is -3.29. The quantitative estimate of drug-likeness (QED) is 0.325. The van der Waals surface area contributed by atoms with Gasteiger partial charge in [-0.25, -0.2) is 0 Å². The van der Waals surface area contributed by atoms with Crippen molar-refractivity contribution in [2.45, 2.75) is 6.61 Å². The smallest absolute Gasteiger partial charge is 0.387 e. The fourth-order valence-electron chi connectivity index (χ4n) is 2.00. The van der Waals surface area contributed by atoms with Crippen LogP contribution in [0.3, 0.4) is 0 Å². The van der Waals surface area contributed by atoms with E-state index in [4.69, 9.17) is 4.74 Å². The summed E-state index contributed by atoms with van der Waals surface area (Å²) in [6.07, 6.45) is 2.65. The van der Waals surface area contributed by atoms with E-state index in [0.29, 0.717) is 5.56 Å². The molecular weight excluding hydrogens is 336 g/mol. The SMILES string of the molecule is COc1ccc(/C=C/C(=O)c2ccc([N+](=O)[O-])cc2)cc1OC(F)F. The lowest BCUT2D eigenvalue weighted by Gasteiger charge is -2.10. The van der Waals surface area contributed by atoms with Gasteiger partial charge in [0.05, 0.1) is 12.0 Å². The Morgan fingerprint density at radius 1 is 1.16 bits per heavy atom. The van der Waals surface area contributed by atoms with Crippen molar-refractivity contribution in [2.24, 2.45) is 0 Å². The van der Waals surface area contributed by atoms with E-state index in [1.54, 1.807) is 6.07 Å². The van der Waals surface area contributed by atoms with Crippen molar-refractivity contribution in [2.75, 3.05) is 7.11 Å². The summed E-state index contributed by atoms with van der Waals surface area (Å²) in [6, 6.07) is 9.44. The van der Waals surface area contributed by atoms with Crippen LogP contribution < -0.4 is 9.47 Å². The Balaban J connectivity index is 2.17. The summed E-state index contributed by atoms with van der Waals surface area (Å²) < 4.78 is 34.1. The summed E-state index contributed by atoms with van der Waals surface area (Å²) in [6.45, 7) is -3.00. The molecule has 0 fully saturated rings. The van der Waals surface area contributed by atoms with Crippen molar-refractivity contribution in [3.05, 3.63) is 69.8 Å². The predicted molar refractivity (Wildman–Crippen MR) is 86.1 cm³/mol. The lowest BCUT2D eigenvalue weighted by molar-refractivity contribution is -0.384. The minimum absolute atomic E-state index is 0.121. The number of methoxy groups -OCH3 is 1. The molecule has 0 aliphatic rings. The third-order valence-electron chi connectivity index (χ3n) is 3.19. The van der Waals surface area contributed by atoms with Gasteiger partial charge in [-0.1, -0.05) is 12.1 Å². The summed E-state index contributed by atoms with van der Waals surface area (Å²) in [7, 11) is 1.32. The third kappa shape index (κ3) is 4.84. The Labute approximate surface area is 141 Å². The average Bonchev–Trinajstić information content (AvgIpc) is 2.59. The number of non-ortho nitro benzene ring substituents is 1. The number of nitro benzene ring substituents is 1. The van der Waals surface area contributed by atoms with Gasteiger partial charge in [-0.15, -0.1) is 0 Å². The Morgan fingerprint density at radius 2 is 1.84 bits per heavy atom. The highest BCUT2D eigenvalue weighted by molar-refractivity contribution is 6.06. The number of nitrogens with zero attached hydrogens (tertiary/aromatic N) is 1. The number of rotatable bonds is 7. The zero-order valence-corrected chi connectivity index (χ0v) is 13.0. The highest BCUT2D eigenvalue weighted by Crippen LogP contribution is 2.30. The maximum Gasteiger partial charge on any atom is 0.387 e. The maximum absolute atomic E-state index is 12.4. The summed E-state index contributed by atoms with van der Waals surface area (Å²) in [4.78, 5) is 22.1. The molecule has 0 heterocycles. The Bertz CT molecular complexity index is 803. The minimum Gasteiger partial charge on any atom is -0.493 e. The largest absolute Gasteiger partial charge is 0.493 e. The van der Waals surface area contributed by atoms with Crippen molar-refractivity contribution in [1.82, 2.24) is 0 Å². The third-order valence-corrected chi connectivity index (χ3v) is 3.19. The maximum atomic E-state index is 12.4. The first-order valence-corrected chi connectivity index (χ1v) is 7.00. The first-order valence-electron chi connectivity index (χ1n) is 7.00. The highest BCUT2D eigenvalue weighted by Gasteiger charge is 2.11. The van der Waals surface area contributed by atoms with Gasteiger partial charge in [0.1, 0.15) is 0 Å². The van der Waals surface area contributed by atoms with E-state index in [1.165, 1.54) is 55.7 Å². The molecule has 8 heteroatoms. The Morgan fingerprint density at radius 3 is 2.40 bits per heavy atom. The van der Waals surface area contributed by atoms with Crippen LogP contribution in [0.1, 0.15) is 15.9 Å². The van der Waals surface area contributed by atoms with Crippen molar-refractivity contribution in [3.8, 4) is 11.5 Å². The van der Waals surface area contributed by atoms with Crippen molar-refractivity contribution in [1.29, 1.82) is 0 Å². The number of halogens is 2. The van der Waals surface area contributed by atoms with Crippen LogP contribution in [0.25, 0.3) is 6.08 Å². The molecular formula is C17H13F2NO5. The number of benzene rings is 2. The van der Waals surface area contributed by atoms with Crippen LogP contribution in [0.4, 0.5) is 14.5 Å². The lowest BCUT2D eigenvalue weighted by atomic mass is 10.1. The molecule has 2 rings (SSSR count). The molecule has 130 valence electrons. The van der Waals surface area contributed by atoms with E-state index in [-0.39, 0.29) is 28.5 Å².